The molecule has 0 fully saturated rings. The molecule has 4 nitrogen and oxygen atoms in total. The molecule has 0 spiro atoms. The van der Waals surface area contributed by atoms with Crippen LogP contribution in [0, 0.1) is 12.3 Å². The van der Waals surface area contributed by atoms with Crippen molar-refractivity contribution in [3.63, 3.8) is 0 Å². The van der Waals surface area contributed by atoms with Crippen molar-refractivity contribution in [3.8, 4) is 23.7 Å². The van der Waals surface area contributed by atoms with Gasteiger partial charge < -0.3 is 4.42 Å². The third-order valence-electron chi connectivity index (χ3n) is 3.12. The van der Waals surface area contributed by atoms with Crippen LogP contribution >= 0.6 is 0 Å². The van der Waals surface area contributed by atoms with Gasteiger partial charge in [0.25, 0.3) is 11.6 Å². The molecule has 0 amide bonds. The normalized spacial score (nSPS) is 12.4. The SMILES string of the molecule is C#Cc1nc2c(C(F)(F)F)nc(-c3ccc(C(F)(F)F)cc3)nc2o1. The molecule has 2 heterocycles. The highest BCUT2D eigenvalue weighted by Crippen LogP contribution is 2.35. The van der Waals surface area contributed by atoms with Gasteiger partial charge in [-0.1, -0.05) is 12.1 Å². The van der Waals surface area contributed by atoms with Crippen LogP contribution in [0.25, 0.3) is 22.6 Å². The van der Waals surface area contributed by atoms with Gasteiger partial charge in [0.05, 0.1) is 5.56 Å². The van der Waals surface area contributed by atoms with Crippen LogP contribution in [0.5, 0.6) is 0 Å². The highest BCUT2D eigenvalue weighted by molar-refractivity contribution is 5.75. The Hall–Kier alpha value is -3.09. The van der Waals surface area contributed by atoms with E-state index in [9.17, 15) is 26.3 Å². The summed E-state index contributed by atoms with van der Waals surface area (Å²) in [7, 11) is 0. The van der Waals surface area contributed by atoms with E-state index in [1.54, 1.807) is 0 Å². The fourth-order valence-electron chi connectivity index (χ4n) is 2.02. The molecule has 0 saturated heterocycles. The minimum atomic E-state index is -4.88. The zero-order valence-corrected chi connectivity index (χ0v) is 11.9. The van der Waals surface area contributed by atoms with E-state index < -0.39 is 46.6 Å². The average molecular weight is 357 g/mol. The lowest BCUT2D eigenvalue weighted by Gasteiger charge is -2.09. The van der Waals surface area contributed by atoms with Gasteiger partial charge in [0.2, 0.25) is 0 Å². The monoisotopic (exact) mass is 357 g/mol. The highest BCUT2D eigenvalue weighted by atomic mass is 19.4. The predicted octanol–water partition coefficient (Wildman–Crippen LogP) is 4.30. The Morgan fingerprint density at radius 1 is 0.880 bits per heavy atom. The van der Waals surface area contributed by atoms with E-state index in [0.29, 0.717) is 12.1 Å². The summed E-state index contributed by atoms with van der Waals surface area (Å²) in [4.78, 5) is 10.6. The lowest BCUT2D eigenvalue weighted by molar-refractivity contribution is -0.140. The minimum absolute atomic E-state index is 0.0564. The topological polar surface area (TPSA) is 51.8 Å². The van der Waals surface area contributed by atoms with Crippen LogP contribution in [0.2, 0.25) is 0 Å². The number of nitrogens with zero attached hydrogens (tertiary/aromatic N) is 3. The van der Waals surface area contributed by atoms with Crippen LogP contribution in [-0.4, -0.2) is 15.0 Å². The summed E-state index contributed by atoms with van der Waals surface area (Å²) in [6, 6.07) is 3.35. The first-order valence-electron chi connectivity index (χ1n) is 6.49. The van der Waals surface area contributed by atoms with Crippen molar-refractivity contribution >= 4 is 11.2 Å². The fourth-order valence-corrected chi connectivity index (χ4v) is 2.02. The van der Waals surface area contributed by atoms with Crippen LogP contribution in [0.1, 0.15) is 17.1 Å². The molecule has 3 rings (SSSR count). The fraction of sp³-hybridized carbons (Fsp3) is 0.133. The maximum Gasteiger partial charge on any atom is 0.435 e. The summed E-state index contributed by atoms with van der Waals surface area (Å²) in [5.41, 5.74) is -3.58. The molecule has 0 radical (unpaired) electrons. The Labute approximate surface area is 135 Å². The van der Waals surface area contributed by atoms with E-state index in [1.807, 2.05) is 5.92 Å². The second-order valence-electron chi connectivity index (χ2n) is 4.79. The summed E-state index contributed by atoms with van der Waals surface area (Å²) in [5, 5.41) is 0. The van der Waals surface area contributed by atoms with Gasteiger partial charge in [-0.15, -0.1) is 6.42 Å². The maximum absolute atomic E-state index is 13.2. The Kier molecular flexibility index (Phi) is 3.67. The molecule has 2 aromatic heterocycles. The number of terminal acetylenes is 1. The van der Waals surface area contributed by atoms with E-state index in [-0.39, 0.29) is 5.56 Å². The zero-order chi connectivity index (χ0) is 18.4. The molecule has 0 saturated carbocycles. The molecular weight excluding hydrogens is 352 g/mol. The predicted molar refractivity (Wildman–Crippen MR) is 73.0 cm³/mol. The molecule has 0 N–H and O–H groups in total. The van der Waals surface area contributed by atoms with Gasteiger partial charge in [-0.05, 0) is 18.1 Å². The van der Waals surface area contributed by atoms with Gasteiger partial charge in [0.15, 0.2) is 17.0 Å². The minimum Gasteiger partial charge on any atom is -0.411 e. The summed E-state index contributed by atoms with van der Waals surface area (Å²) >= 11 is 0. The standard InChI is InChI=1S/C15H5F6N3O/c1-2-9-22-10-11(15(19,20)21)23-12(24-13(10)25-9)7-3-5-8(6-4-7)14(16,17)18/h1,3-6H. The van der Waals surface area contributed by atoms with Crippen molar-refractivity contribution in [3.05, 3.63) is 41.4 Å². The average Bonchev–Trinajstić information content (AvgIpc) is 2.95. The van der Waals surface area contributed by atoms with Crippen molar-refractivity contribution in [1.82, 2.24) is 15.0 Å². The Balaban J connectivity index is 2.18. The number of alkyl halides is 6. The van der Waals surface area contributed by atoms with E-state index in [4.69, 9.17) is 10.8 Å². The van der Waals surface area contributed by atoms with Crippen LogP contribution in [-0.2, 0) is 12.4 Å². The zero-order valence-electron chi connectivity index (χ0n) is 11.9. The van der Waals surface area contributed by atoms with Gasteiger partial charge in [0.1, 0.15) is 0 Å². The second-order valence-corrected chi connectivity index (χ2v) is 4.79. The Bertz CT molecular complexity index is 980. The second kappa shape index (κ2) is 5.47. The number of oxazole rings is 1. The highest BCUT2D eigenvalue weighted by Gasteiger charge is 2.38. The van der Waals surface area contributed by atoms with Gasteiger partial charge in [0, 0.05) is 5.56 Å². The molecule has 0 bridgehead atoms. The molecular formula is C15H5F6N3O. The van der Waals surface area contributed by atoms with Gasteiger partial charge in [-0.25, -0.2) is 4.98 Å². The number of fused-ring (bicyclic) bond motifs is 1. The number of rotatable bonds is 1. The molecule has 128 valence electrons. The first-order chi connectivity index (χ1) is 11.6. The van der Waals surface area contributed by atoms with Crippen molar-refractivity contribution in [1.29, 1.82) is 0 Å². The van der Waals surface area contributed by atoms with Crippen LogP contribution in [0.3, 0.4) is 0 Å². The quantitative estimate of drug-likeness (QED) is 0.481. The lowest BCUT2D eigenvalue weighted by atomic mass is 10.1. The molecule has 0 aliphatic carbocycles. The lowest BCUT2D eigenvalue weighted by Crippen LogP contribution is -2.11. The van der Waals surface area contributed by atoms with Gasteiger partial charge in [-0.3, -0.25) is 0 Å². The van der Waals surface area contributed by atoms with Gasteiger partial charge >= 0.3 is 12.4 Å². The first-order valence-corrected chi connectivity index (χ1v) is 6.49. The summed E-state index contributed by atoms with van der Waals surface area (Å²) in [6.45, 7) is 0. The smallest absolute Gasteiger partial charge is 0.411 e. The molecule has 10 heteroatoms. The number of hydrogen-bond acceptors (Lipinski definition) is 4. The van der Waals surface area contributed by atoms with Crippen LogP contribution in [0.15, 0.2) is 28.7 Å². The molecule has 0 aliphatic heterocycles. The first kappa shape index (κ1) is 16.8. The Morgan fingerprint density at radius 2 is 1.52 bits per heavy atom. The molecule has 3 aromatic rings. The van der Waals surface area contributed by atoms with E-state index >= 15 is 0 Å². The summed E-state index contributed by atoms with van der Waals surface area (Å²) in [5.74, 6) is 1.06. The van der Waals surface area contributed by atoms with Crippen molar-refractivity contribution in [2.24, 2.45) is 0 Å². The maximum atomic E-state index is 13.2. The molecule has 1 aromatic carbocycles. The van der Waals surface area contributed by atoms with E-state index in [2.05, 4.69) is 15.0 Å². The van der Waals surface area contributed by atoms with Crippen molar-refractivity contribution in [2.45, 2.75) is 12.4 Å². The summed E-state index contributed by atoms with van der Waals surface area (Å²) in [6.07, 6.45) is -4.42. The summed E-state index contributed by atoms with van der Waals surface area (Å²) < 4.78 is 82.2. The Morgan fingerprint density at radius 3 is 2.04 bits per heavy atom. The number of benzene rings is 1. The molecule has 0 atom stereocenters. The number of hydrogen-bond donors (Lipinski definition) is 0. The number of halogens is 6. The number of aromatic nitrogens is 3. The largest absolute Gasteiger partial charge is 0.435 e. The third kappa shape index (κ3) is 3.13. The molecule has 0 aliphatic rings. The molecule has 25 heavy (non-hydrogen) atoms. The van der Waals surface area contributed by atoms with Crippen LogP contribution < -0.4 is 0 Å². The van der Waals surface area contributed by atoms with Crippen LogP contribution in [0.4, 0.5) is 26.3 Å². The van der Waals surface area contributed by atoms with Gasteiger partial charge in [-0.2, -0.15) is 36.3 Å². The molecule has 0 unspecified atom stereocenters. The van der Waals surface area contributed by atoms with Crippen molar-refractivity contribution < 1.29 is 30.8 Å². The van der Waals surface area contributed by atoms with E-state index in [1.165, 1.54) is 0 Å². The van der Waals surface area contributed by atoms with E-state index in [0.717, 1.165) is 12.1 Å². The van der Waals surface area contributed by atoms with Crippen molar-refractivity contribution in [2.75, 3.05) is 0 Å². The third-order valence-corrected chi connectivity index (χ3v) is 3.12.